The molecule has 1 aromatic heterocycles. The number of nitrogens with zero attached hydrogens (tertiary/aromatic N) is 5. The average molecular weight is 488 g/mol. The van der Waals surface area contributed by atoms with Gasteiger partial charge in [0, 0.05) is 32.2 Å². The summed E-state index contributed by atoms with van der Waals surface area (Å²) in [6.45, 7) is 3.40. The normalized spacial score (nSPS) is 16.7. The molecule has 0 radical (unpaired) electrons. The Morgan fingerprint density at radius 3 is 2.74 bits per heavy atom. The third kappa shape index (κ3) is 4.39. The Bertz CT molecular complexity index is 862. The summed E-state index contributed by atoms with van der Waals surface area (Å²) in [7, 11) is 1.91. The molecule has 1 N–H and O–H groups in total. The number of aliphatic imine (C=N–C) groups is 1. The Balaban J connectivity index is 0.00000210. The van der Waals surface area contributed by atoms with Gasteiger partial charge in [-0.15, -0.1) is 34.2 Å². The fraction of sp³-hybridized carbons (Fsp3) is 0.500. The minimum atomic E-state index is -0.536. The maximum absolute atomic E-state index is 14.0. The number of guanidine groups is 1. The summed E-state index contributed by atoms with van der Waals surface area (Å²) in [5.41, 5.74) is 1.30. The van der Waals surface area contributed by atoms with Crippen molar-refractivity contribution in [1.82, 2.24) is 25.0 Å². The van der Waals surface area contributed by atoms with Crippen LogP contribution in [0.2, 0.25) is 0 Å². The molecule has 2 aliphatic rings. The van der Waals surface area contributed by atoms with Crippen LogP contribution in [0.3, 0.4) is 0 Å². The molecule has 146 valence electrons. The molecule has 2 heterocycles. The molecule has 4 rings (SSSR count). The number of hydrogen-bond donors (Lipinski definition) is 1. The fourth-order valence-corrected chi connectivity index (χ4v) is 3.17. The molecule has 6 nitrogen and oxygen atoms in total. The van der Waals surface area contributed by atoms with Crippen LogP contribution in [0.25, 0.3) is 0 Å². The van der Waals surface area contributed by atoms with Crippen LogP contribution in [0.1, 0.15) is 35.6 Å². The van der Waals surface area contributed by atoms with Gasteiger partial charge in [-0.05, 0) is 43.4 Å². The molecule has 0 bridgehead atoms. The maximum atomic E-state index is 14.0. The number of nitrogens with one attached hydrogen (secondary N) is 1. The second kappa shape index (κ2) is 8.07. The lowest BCUT2D eigenvalue weighted by Gasteiger charge is -2.32. The van der Waals surface area contributed by atoms with E-state index in [1.54, 1.807) is 0 Å². The standard InChI is InChI=1S/C18H22F2N6.HI/c1-11-23-24-17(25(11)2)9-21-18(22-14-3-4-14)26-6-5-15-12(10-26)7-13(19)8-16(15)20;/h7-8,14H,3-6,9-10H2,1-2H3,(H,21,22);1H. The van der Waals surface area contributed by atoms with Crippen molar-refractivity contribution in [3.8, 4) is 0 Å². The molecule has 1 fully saturated rings. The first-order valence-corrected chi connectivity index (χ1v) is 8.89. The van der Waals surface area contributed by atoms with E-state index in [9.17, 15) is 8.78 Å². The zero-order valence-corrected chi connectivity index (χ0v) is 17.7. The van der Waals surface area contributed by atoms with Crippen LogP contribution in [0.5, 0.6) is 0 Å². The zero-order chi connectivity index (χ0) is 18.3. The molecule has 0 amide bonds. The van der Waals surface area contributed by atoms with Gasteiger partial charge in [0.05, 0.1) is 0 Å². The summed E-state index contributed by atoms with van der Waals surface area (Å²) in [5, 5.41) is 11.7. The first-order chi connectivity index (χ1) is 12.5. The summed E-state index contributed by atoms with van der Waals surface area (Å²) in [4.78, 5) is 6.77. The van der Waals surface area contributed by atoms with Crippen molar-refractivity contribution >= 4 is 29.9 Å². The van der Waals surface area contributed by atoms with Gasteiger partial charge in [-0.25, -0.2) is 13.8 Å². The first kappa shape index (κ1) is 20.0. The summed E-state index contributed by atoms with van der Waals surface area (Å²) >= 11 is 0. The highest BCUT2D eigenvalue weighted by molar-refractivity contribution is 14.0. The summed E-state index contributed by atoms with van der Waals surface area (Å²) in [6, 6.07) is 2.81. The van der Waals surface area contributed by atoms with Gasteiger partial charge in [-0.1, -0.05) is 0 Å². The highest BCUT2D eigenvalue weighted by Gasteiger charge is 2.28. The van der Waals surface area contributed by atoms with E-state index in [2.05, 4.69) is 20.4 Å². The minimum absolute atomic E-state index is 0. The molecule has 9 heteroatoms. The largest absolute Gasteiger partial charge is 0.353 e. The number of halogens is 3. The van der Waals surface area contributed by atoms with Gasteiger partial charge < -0.3 is 14.8 Å². The Hall–Kier alpha value is -1.78. The third-order valence-electron chi connectivity index (χ3n) is 5.01. The molecule has 1 saturated carbocycles. The third-order valence-corrected chi connectivity index (χ3v) is 5.01. The monoisotopic (exact) mass is 488 g/mol. The second-order valence-corrected chi connectivity index (χ2v) is 6.98. The van der Waals surface area contributed by atoms with E-state index in [1.165, 1.54) is 6.07 Å². The summed E-state index contributed by atoms with van der Waals surface area (Å²) in [6.07, 6.45) is 2.78. The van der Waals surface area contributed by atoms with Gasteiger partial charge in [0.1, 0.15) is 24.0 Å². The van der Waals surface area contributed by atoms with Crippen molar-refractivity contribution in [3.05, 3.63) is 46.5 Å². The topological polar surface area (TPSA) is 58.3 Å². The van der Waals surface area contributed by atoms with Crippen LogP contribution >= 0.6 is 24.0 Å². The van der Waals surface area contributed by atoms with Crippen molar-refractivity contribution in [2.45, 2.75) is 45.3 Å². The molecule has 2 aromatic rings. The van der Waals surface area contributed by atoms with Crippen molar-refractivity contribution in [3.63, 3.8) is 0 Å². The molecular weight excluding hydrogens is 465 g/mol. The lowest BCUT2D eigenvalue weighted by Crippen LogP contribution is -2.45. The Labute approximate surface area is 174 Å². The molecule has 1 aliphatic carbocycles. The molecule has 1 aromatic carbocycles. The van der Waals surface area contributed by atoms with E-state index in [1.807, 2.05) is 18.5 Å². The number of hydrogen-bond acceptors (Lipinski definition) is 3. The van der Waals surface area contributed by atoms with Crippen LogP contribution in [-0.4, -0.2) is 38.2 Å². The van der Waals surface area contributed by atoms with E-state index in [-0.39, 0.29) is 24.0 Å². The number of fused-ring (bicyclic) bond motifs is 1. The van der Waals surface area contributed by atoms with Gasteiger partial charge in [0.15, 0.2) is 11.8 Å². The van der Waals surface area contributed by atoms with Crippen molar-refractivity contribution in [2.24, 2.45) is 12.0 Å². The van der Waals surface area contributed by atoms with Crippen molar-refractivity contribution in [1.29, 1.82) is 0 Å². The molecule has 27 heavy (non-hydrogen) atoms. The van der Waals surface area contributed by atoms with E-state index in [4.69, 9.17) is 4.99 Å². The highest BCUT2D eigenvalue weighted by Crippen LogP contribution is 2.25. The average Bonchev–Trinajstić information content (AvgIpc) is 3.37. The Morgan fingerprint density at radius 2 is 2.07 bits per heavy atom. The lowest BCUT2D eigenvalue weighted by atomic mass is 9.99. The first-order valence-electron chi connectivity index (χ1n) is 8.89. The molecule has 0 unspecified atom stereocenters. The van der Waals surface area contributed by atoms with Crippen LogP contribution in [0, 0.1) is 18.6 Å². The van der Waals surface area contributed by atoms with E-state index in [0.29, 0.717) is 43.2 Å². The number of aryl methyl sites for hydroxylation is 1. The summed E-state index contributed by atoms with van der Waals surface area (Å²) in [5.74, 6) is 1.40. The van der Waals surface area contributed by atoms with E-state index >= 15 is 0 Å². The molecular formula is C18H23F2IN6. The molecule has 0 atom stereocenters. The number of benzene rings is 1. The Morgan fingerprint density at radius 1 is 1.30 bits per heavy atom. The SMILES string of the molecule is Cc1nnc(CN=C(NC2CC2)N2CCc3c(F)cc(F)cc3C2)n1C.I. The van der Waals surface area contributed by atoms with Gasteiger partial charge in [-0.3, -0.25) is 0 Å². The maximum Gasteiger partial charge on any atom is 0.194 e. The van der Waals surface area contributed by atoms with E-state index in [0.717, 1.165) is 36.5 Å². The summed E-state index contributed by atoms with van der Waals surface area (Å²) < 4.78 is 29.5. The quantitative estimate of drug-likeness (QED) is 0.410. The van der Waals surface area contributed by atoms with Gasteiger partial charge in [-0.2, -0.15) is 0 Å². The van der Waals surface area contributed by atoms with Gasteiger partial charge in [0.2, 0.25) is 0 Å². The molecule has 0 spiro atoms. The Kier molecular flexibility index (Phi) is 5.97. The number of rotatable bonds is 3. The van der Waals surface area contributed by atoms with Crippen LogP contribution < -0.4 is 5.32 Å². The minimum Gasteiger partial charge on any atom is -0.353 e. The van der Waals surface area contributed by atoms with Gasteiger partial charge in [0.25, 0.3) is 0 Å². The predicted octanol–water partition coefficient (Wildman–Crippen LogP) is 2.69. The van der Waals surface area contributed by atoms with Crippen LogP contribution in [0.4, 0.5) is 8.78 Å². The molecule has 0 saturated heterocycles. The number of aromatic nitrogens is 3. The lowest BCUT2D eigenvalue weighted by molar-refractivity contribution is 0.368. The van der Waals surface area contributed by atoms with Crippen LogP contribution in [-0.2, 0) is 26.6 Å². The zero-order valence-electron chi connectivity index (χ0n) is 15.4. The second-order valence-electron chi connectivity index (χ2n) is 6.98. The predicted molar refractivity (Wildman–Crippen MR) is 109 cm³/mol. The smallest absolute Gasteiger partial charge is 0.194 e. The highest BCUT2D eigenvalue weighted by atomic mass is 127. The van der Waals surface area contributed by atoms with Crippen LogP contribution in [0.15, 0.2) is 17.1 Å². The molecule has 1 aliphatic heterocycles. The van der Waals surface area contributed by atoms with Gasteiger partial charge >= 0.3 is 0 Å². The van der Waals surface area contributed by atoms with E-state index < -0.39 is 11.6 Å². The van der Waals surface area contributed by atoms with Crippen molar-refractivity contribution in [2.75, 3.05) is 6.54 Å². The fourth-order valence-electron chi connectivity index (χ4n) is 3.17. The van der Waals surface area contributed by atoms with Crippen molar-refractivity contribution < 1.29 is 8.78 Å².